The van der Waals surface area contributed by atoms with Crippen molar-refractivity contribution < 1.29 is 9.53 Å². The summed E-state index contributed by atoms with van der Waals surface area (Å²) in [7, 11) is 0. The van der Waals surface area contributed by atoms with E-state index in [0.717, 1.165) is 25.9 Å². The molecule has 0 radical (unpaired) electrons. The lowest BCUT2D eigenvalue weighted by molar-refractivity contribution is -0.130. The number of carbonyl (C=O) groups is 1. The number of hydrogen-bond donors (Lipinski definition) is 2. The van der Waals surface area contributed by atoms with Crippen LogP contribution in [-0.4, -0.2) is 31.2 Å². The molecule has 0 aromatic rings. The summed E-state index contributed by atoms with van der Waals surface area (Å²) in [4.78, 5) is 11.9. The molecule has 1 rings (SSSR count). The van der Waals surface area contributed by atoms with Crippen molar-refractivity contribution in [1.82, 2.24) is 5.32 Å². The second-order valence-electron chi connectivity index (χ2n) is 4.83. The largest absolute Gasteiger partial charge is 0.381 e. The van der Waals surface area contributed by atoms with Crippen molar-refractivity contribution in [1.29, 1.82) is 0 Å². The van der Waals surface area contributed by atoms with Crippen LogP contribution in [0.2, 0.25) is 0 Å². The highest BCUT2D eigenvalue weighted by atomic mass is 16.5. The Bertz CT molecular complexity index is 211. The van der Waals surface area contributed by atoms with E-state index in [1.54, 1.807) is 0 Å². The van der Waals surface area contributed by atoms with Crippen LogP contribution in [0.3, 0.4) is 0 Å². The van der Waals surface area contributed by atoms with Gasteiger partial charge in [0.1, 0.15) is 0 Å². The summed E-state index contributed by atoms with van der Waals surface area (Å²) in [6.45, 7) is 5.94. The Morgan fingerprint density at radius 3 is 2.87 bits per heavy atom. The average Bonchev–Trinajstić information content (AvgIpc) is 2.18. The molecule has 0 bridgehead atoms. The van der Waals surface area contributed by atoms with Crippen LogP contribution in [-0.2, 0) is 9.53 Å². The van der Waals surface area contributed by atoms with Crippen LogP contribution in [0.15, 0.2) is 0 Å². The highest BCUT2D eigenvalue weighted by Gasteiger charge is 2.26. The predicted octanol–water partition coefficient (Wildman–Crippen LogP) is 0.657. The Hall–Kier alpha value is -0.610. The molecule has 4 heteroatoms. The molecule has 1 amide bonds. The summed E-state index contributed by atoms with van der Waals surface area (Å²) in [6, 6.07) is 0. The fraction of sp³-hybridized carbons (Fsp3) is 0.909. The van der Waals surface area contributed by atoms with Crippen molar-refractivity contribution in [2.45, 2.75) is 38.6 Å². The van der Waals surface area contributed by atoms with Crippen LogP contribution in [0.25, 0.3) is 0 Å². The molecule has 15 heavy (non-hydrogen) atoms. The second-order valence-corrected chi connectivity index (χ2v) is 4.83. The molecule has 1 unspecified atom stereocenters. The van der Waals surface area contributed by atoms with Gasteiger partial charge in [0.05, 0.1) is 12.5 Å². The third kappa shape index (κ3) is 4.18. The minimum absolute atomic E-state index is 0.0239. The highest BCUT2D eigenvalue weighted by molar-refractivity contribution is 5.79. The lowest BCUT2D eigenvalue weighted by Crippen LogP contribution is -2.48. The van der Waals surface area contributed by atoms with E-state index in [4.69, 9.17) is 10.5 Å². The van der Waals surface area contributed by atoms with E-state index in [1.165, 1.54) is 0 Å². The number of nitrogens with one attached hydrogen (secondary N) is 1. The number of hydrogen-bond acceptors (Lipinski definition) is 3. The molecule has 1 heterocycles. The third-order valence-electron chi connectivity index (χ3n) is 2.76. The Morgan fingerprint density at radius 2 is 2.33 bits per heavy atom. The van der Waals surface area contributed by atoms with Crippen LogP contribution in [0.4, 0.5) is 0 Å². The Kier molecular flexibility index (Phi) is 4.54. The predicted molar refractivity (Wildman–Crippen MR) is 59.4 cm³/mol. The van der Waals surface area contributed by atoms with Crippen molar-refractivity contribution in [3.8, 4) is 0 Å². The zero-order chi connectivity index (χ0) is 11.3. The minimum atomic E-state index is -0.205. The van der Waals surface area contributed by atoms with E-state index in [9.17, 15) is 4.79 Å². The van der Waals surface area contributed by atoms with Gasteiger partial charge in [0.2, 0.25) is 5.91 Å². The number of amides is 1. The van der Waals surface area contributed by atoms with Crippen molar-refractivity contribution in [2.24, 2.45) is 11.7 Å². The Morgan fingerprint density at radius 1 is 1.60 bits per heavy atom. The van der Waals surface area contributed by atoms with E-state index in [-0.39, 0.29) is 17.4 Å². The highest BCUT2D eigenvalue weighted by Crippen LogP contribution is 2.16. The molecule has 1 aliphatic heterocycles. The summed E-state index contributed by atoms with van der Waals surface area (Å²) in [6.07, 6.45) is 2.71. The molecule has 0 aromatic carbocycles. The van der Waals surface area contributed by atoms with Crippen LogP contribution < -0.4 is 11.1 Å². The monoisotopic (exact) mass is 214 g/mol. The summed E-state index contributed by atoms with van der Waals surface area (Å²) in [5.41, 5.74) is 5.29. The van der Waals surface area contributed by atoms with E-state index < -0.39 is 0 Å². The maximum Gasteiger partial charge on any atom is 0.225 e. The fourth-order valence-electron chi connectivity index (χ4n) is 1.81. The first-order valence-electron chi connectivity index (χ1n) is 5.65. The molecule has 0 aromatic heterocycles. The molecule has 1 saturated heterocycles. The normalized spacial score (nSPS) is 22.5. The van der Waals surface area contributed by atoms with Crippen LogP contribution >= 0.6 is 0 Å². The Balaban J connectivity index is 2.39. The summed E-state index contributed by atoms with van der Waals surface area (Å²) in [5, 5.41) is 3.03. The van der Waals surface area contributed by atoms with E-state index in [2.05, 4.69) is 5.32 Å². The molecule has 4 nitrogen and oxygen atoms in total. The second kappa shape index (κ2) is 5.47. The van der Waals surface area contributed by atoms with Gasteiger partial charge in [0.15, 0.2) is 0 Å². The molecule has 0 aliphatic carbocycles. The van der Waals surface area contributed by atoms with Gasteiger partial charge in [-0.05, 0) is 39.7 Å². The van der Waals surface area contributed by atoms with Crippen molar-refractivity contribution >= 4 is 5.91 Å². The van der Waals surface area contributed by atoms with E-state index in [0.29, 0.717) is 13.2 Å². The molecule has 1 aliphatic rings. The van der Waals surface area contributed by atoms with Crippen molar-refractivity contribution in [3.05, 3.63) is 0 Å². The average molecular weight is 214 g/mol. The quantitative estimate of drug-likeness (QED) is 0.722. The molecule has 0 saturated carbocycles. The van der Waals surface area contributed by atoms with E-state index >= 15 is 0 Å². The lowest BCUT2D eigenvalue weighted by Gasteiger charge is -2.29. The van der Waals surface area contributed by atoms with Gasteiger partial charge in [-0.1, -0.05) is 0 Å². The maximum atomic E-state index is 11.9. The zero-order valence-electron chi connectivity index (χ0n) is 9.71. The first-order chi connectivity index (χ1) is 7.05. The number of nitrogens with two attached hydrogens (primary N) is 1. The van der Waals surface area contributed by atoms with Crippen LogP contribution in [0, 0.1) is 5.92 Å². The van der Waals surface area contributed by atoms with Gasteiger partial charge in [0, 0.05) is 12.1 Å². The summed E-state index contributed by atoms with van der Waals surface area (Å²) < 4.78 is 5.29. The van der Waals surface area contributed by atoms with Crippen molar-refractivity contribution in [2.75, 3.05) is 19.8 Å². The van der Waals surface area contributed by atoms with Gasteiger partial charge in [-0.2, -0.15) is 0 Å². The lowest BCUT2D eigenvalue weighted by atomic mass is 9.96. The van der Waals surface area contributed by atoms with Gasteiger partial charge in [-0.3, -0.25) is 4.79 Å². The molecule has 1 atom stereocenters. The number of ether oxygens (including phenoxy) is 1. The van der Waals surface area contributed by atoms with Gasteiger partial charge in [-0.25, -0.2) is 0 Å². The molecule has 3 N–H and O–H groups in total. The molecular weight excluding hydrogens is 192 g/mol. The zero-order valence-corrected chi connectivity index (χ0v) is 9.71. The first-order valence-corrected chi connectivity index (χ1v) is 5.65. The van der Waals surface area contributed by atoms with Crippen molar-refractivity contribution in [3.63, 3.8) is 0 Å². The maximum absolute atomic E-state index is 11.9. The molecular formula is C11H22N2O2. The molecule has 0 spiro atoms. The number of rotatable bonds is 4. The van der Waals surface area contributed by atoms with E-state index in [1.807, 2.05) is 13.8 Å². The third-order valence-corrected chi connectivity index (χ3v) is 2.76. The fourth-order valence-corrected chi connectivity index (χ4v) is 1.81. The van der Waals surface area contributed by atoms with Gasteiger partial charge < -0.3 is 15.8 Å². The minimum Gasteiger partial charge on any atom is -0.381 e. The van der Waals surface area contributed by atoms with Gasteiger partial charge in [0.25, 0.3) is 0 Å². The molecule has 88 valence electrons. The SMILES string of the molecule is CC(C)(CCN)NC(=O)C1CCCOC1. The molecule has 1 fully saturated rings. The number of carbonyl (C=O) groups excluding carboxylic acids is 1. The van der Waals surface area contributed by atoms with Gasteiger partial charge in [-0.15, -0.1) is 0 Å². The first kappa shape index (κ1) is 12.5. The van der Waals surface area contributed by atoms with Crippen LogP contribution in [0.5, 0.6) is 0 Å². The van der Waals surface area contributed by atoms with Crippen LogP contribution in [0.1, 0.15) is 33.1 Å². The standard InChI is InChI=1S/C11H22N2O2/c1-11(2,5-6-12)13-10(14)9-4-3-7-15-8-9/h9H,3-8,12H2,1-2H3,(H,13,14). The Labute approximate surface area is 91.5 Å². The topological polar surface area (TPSA) is 64.3 Å². The summed E-state index contributed by atoms with van der Waals surface area (Å²) in [5.74, 6) is 0.129. The summed E-state index contributed by atoms with van der Waals surface area (Å²) >= 11 is 0. The van der Waals surface area contributed by atoms with Gasteiger partial charge >= 0.3 is 0 Å². The smallest absolute Gasteiger partial charge is 0.225 e.